The second-order valence-electron chi connectivity index (χ2n) is 9.35. The Hall–Kier alpha value is -3.47. The zero-order valence-corrected chi connectivity index (χ0v) is 22.1. The predicted octanol–water partition coefficient (Wildman–Crippen LogP) is 4.72. The van der Waals surface area contributed by atoms with Gasteiger partial charge in [0.05, 0.1) is 29.5 Å². The molecule has 3 aromatic rings. The number of hydrogen-bond acceptors (Lipinski definition) is 5. The monoisotopic (exact) mass is 531 g/mol. The van der Waals surface area contributed by atoms with Crippen molar-refractivity contribution in [1.29, 1.82) is 0 Å². The number of anilines is 1. The minimum atomic E-state index is -0.497. The molecule has 11 heteroatoms. The molecule has 0 unspecified atom stereocenters. The second kappa shape index (κ2) is 12.7. The fourth-order valence-electron chi connectivity index (χ4n) is 3.87. The molecule has 198 valence electrons. The Morgan fingerprint density at radius 1 is 1.30 bits per heavy atom. The summed E-state index contributed by atoms with van der Waals surface area (Å²) in [6.45, 7) is 3.90. The molecule has 0 aliphatic carbocycles. The van der Waals surface area contributed by atoms with Gasteiger partial charge in [-0.25, -0.2) is 4.39 Å². The average molecular weight is 532 g/mol. The van der Waals surface area contributed by atoms with Gasteiger partial charge in [-0.15, -0.1) is 3.89 Å². The highest BCUT2D eigenvalue weighted by atomic mass is 32.2. The number of likely N-dealkylation sites (N-methyl/N-ethyl adjacent to an activating group) is 1. The largest absolute Gasteiger partial charge is 0.345 e. The van der Waals surface area contributed by atoms with E-state index >= 15 is 0 Å². The number of carbonyl (C=O) groups is 2. The van der Waals surface area contributed by atoms with Crippen LogP contribution in [0.15, 0.2) is 47.5 Å². The standard InChI is InChI=1S/C26H31F2N5O3S/c1-17(2)13-19-20(27)15-29-22-14-18(33(37-28)25(19)22)16-32-12-8-9-21(26(32)36)30-23(34)10-6-5-7-11-24(35)31(3)4/h7-9,11-12,14-15,17H,5-6,10,13,16H2,1-4H3,(H,30,34)/b11-7+. The van der Waals surface area contributed by atoms with Crippen molar-refractivity contribution in [3.8, 4) is 0 Å². The van der Waals surface area contributed by atoms with E-state index in [9.17, 15) is 22.7 Å². The van der Waals surface area contributed by atoms with Crippen molar-refractivity contribution in [3.63, 3.8) is 0 Å². The minimum absolute atomic E-state index is 0.00323. The molecule has 3 heterocycles. The molecule has 0 atom stereocenters. The van der Waals surface area contributed by atoms with Crippen LogP contribution in [0.5, 0.6) is 0 Å². The van der Waals surface area contributed by atoms with Crippen LogP contribution >= 0.6 is 12.3 Å². The summed E-state index contributed by atoms with van der Waals surface area (Å²) in [6, 6.07) is 4.76. The van der Waals surface area contributed by atoms with Crippen molar-refractivity contribution in [2.45, 2.75) is 46.1 Å². The normalized spacial score (nSPS) is 11.5. The van der Waals surface area contributed by atoms with Crippen molar-refractivity contribution in [2.24, 2.45) is 5.92 Å². The Balaban J connectivity index is 1.75. The van der Waals surface area contributed by atoms with Gasteiger partial charge in [0.15, 0.2) is 12.3 Å². The maximum atomic E-state index is 14.5. The average Bonchev–Trinajstić information content (AvgIpc) is 3.20. The molecule has 3 rings (SSSR count). The van der Waals surface area contributed by atoms with Gasteiger partial charge in [0.1, 0.15) is 11.5 Å². The molecule has 2 amide bonds. The van der Waals surface area contributed by atoms with Gasteiger partial charge in [0, 0.05) is 32.3 Å². The Morgan fingerprint density at radius 3 is 2.73 bits per heavy atom. The van der Waals surface area contributed by atoms with Gasteiger partial charge in [0.25, 0.3) is 5.56 Å². The van der Waals surface area contributed by atoms with E-state index in [0.29, 0.717) is 41.6 Å². The van der Waals surface area contributed by atoms with E-state index in [0.717, 1.165) is 6.20 Å². The van der Waals surface area contributed by atoms with Crippen LogP contribution in [0, 0.1) is 11.7 Å². The molecule has 0 spiro atoms. The van der Waals surface area contributed by atoms with Gasteiger partial charge in [-0.1, -0.05) is 19.9 Å². The number of carbonyl (C=O) groups excluding carboxylic acids is 2. The quantitative estimate of drug-likeness (QED) is 0.286. The first-order chi connectivity index (χ1) is 17.6. The third kappa shape index (κ3) is 7.06. The van der Waals surface area contributed by atoms with Gasteiger partial charge in [-0.3, -0.25) is 23.3 Å². The summed E-state index contributed by atoms with van der Waals surface area (Å²) in [5, 5.41) is 2.63. The van der Waals surface area contributed by atoms with Gasteiger partial charge >= 0.3 is 0 Å². The van der Waals surface area contributed by atoms with E-state index in [2.05, 4.69) is 10.3 Å². The smallest absolute Gasteiger partial charge is 0.274 e. The number of nitrogens with one attached hydrogen (secondary N) is 1. The highest BCUT2D eigenvalue weighted by molar-refractivity contribution is 7.93. The summed E-state index contributed by atoms with van der Waals surface area (Å²) in [5.74, 6) is -0.802. The van der Waals surface area contributed by atoms with E-state index < -0.39 is 11.4 Å². The highest BCUT2D eigenvalue weighted by Crippen LogP contribution is 2.30. The van der Waals surface area contributed by atoms with Crippen LogP contribution in [0.1, 0.15) is 44.4 Å². The lowest BCUT2D eigenvalue weighted by Crippen LogP contribution is -2.26. The van der Waals surface area contributed by atoms with Gasteiger partial charge in [-0.2, -0.15) is 0 Å². The number of hydrogen-bond donors (Lipinski definition) is 1. The molecule has 0 saturated heterocycles. The van der Waals surface area contributed by atoms with E-state index in [1.54, 1.807) is 38.5 Å². The van der Waals surface area contributed by atoms with Gasteiger partial charge in [-0.05, 0) is 49.5 Å². The lowest BCUT2D eigenvalue weighted by molar-refractivity contribution is -0.123. The van der Waals surface area contributed by atoms with Crippen LogP contribution in [0.2, 0.25) is 0 Å². The molecule has 8 nitrogen and oxygen atoms in total. The maximum Gasteiger partial charge on any atom is 0.274 e. The van der Waals surface area contributed by atoms with E-state index in [1.807, 2.05) is 13.8 Å². The topological polar surface area (TPSA) is 89.2 Å². The van der Waals surface area contributed by atoms with Crippen LogP contribution < -0.4 is 10.9 Å². The minimum Gasteiger partial charge on any atom is -0.345 e. The fourth-order valence-corrected chi connectivity index (χ4v) is 4.35. The van der Waals surface area contributed by atoms with Crippen LogP contribution in [0.4, 0.5) is 14.0 Å². The first-order valence-corrected chi connectivity index (χ1v) is 12.6. The highest BCUT2D eigenvalue weighted by Gasteiger charge is 2.19. The zero-order chi connectivity index (χ0) is 27.1. The molecular weight excluding hydrogens is 500 g/mol. The number of aromatic nitrogens is 3. The van der Waals surface area contributed by atoms with Crippen LogP contribution in [0.25, 0.3) is 11.0 Å². The Morgan fingerprint density at radius 2 is 2.05 bits per heavy atom. The molecule has 0 aliphatic rings. The van der Waals surface area contributed by atoms with Crippen molar-refractivity contribution in [1.82, 2.24) is 18.4 Å². The summed E-state index contributed by atoms with van der Waals surface area (Å²) in [7, 11) is 3.31. The Bertz CT molecular complexity index is 1360. The lowest BCUT2D eigenvalue weighted by atomic mass is 10.0. The zero-order valence-electron chi connectivity index (χ0n) is 21.3. The molecular formula is C26H31F2N5O3S. The summed E-state index contributed by atoms with van der Waals surface area (Å²) < 4.78 is 31.2. The third-order valence-electron chi connectivity index (χ3n) is 5.68. The van der Waals surface area contributed by atoms with Crippen molar-refractivity contribution in [3.05, 3.63) is 70.2 Å². The number of halogens is 2. The van der Waals surface area contributed by atoms with E-state index in [4.69, 9.17) is 0 Å². The fraction of sp³-hybridized carbons (Fsp3) is 0.385. The Kier molecular flexibility index (Phi) is 9.62. The number of amides is 2. The molecule has 0 aromatic carbocycles. The lowest BCUT2D eigenvalue weighted by Gasteiger charge is -2.12. The molecule has 37 heavy (non-hydrogen) atoms. The third-order valence-corrected chi connectivity index (χ3v) is 6.24. The number of pyridine rings is 2. The number of unbranched alkanes of at least 4 members (excludes halogenated alkanes) is 1. The predicted molar refractivity (Wildman–Crippen MR) is 142 cm³/mol. The van der Waals surface area contributed by atoms with Crippen molar-refractivity contribution >= 4 is 40.9 Å². The molecule has 0 fully saturated rings. The van der Waals surface area contributed by atoms with E-state index in [1.165, 1.54) is 25.6 Å². The first kappa shape index (κ1) is 28.1. The summed E-state index contributed by atoms with van der Waals surface area (Å²) >= 11 is -0.0666. The van der Waals surface area contributed by atoms with Crippen LogP contribution in [-0.2, 0) is 22.6 Å². The molecule has 0 saturated carbocycles. The maximum absolute atomic E-state index is 14.5. The summed E-state index contributed by atoms with van der Waals surface area (Å²) in [6.07, 6.45) is 7.49. The molecule has 3 aromatic heterocycles. The molecule has 1 N–H and O–H groups in total. The Labute approximate surface area is 218 Å². The first-order valence-electron chi connectivity index (χ1n) is 12.0. The number of rotatable bonds is 11. The number of allylic oxidation sites excluding steroid dienone is 1. The van der Waals surface area contributed by atoms with E-state index in [-0.39, 0.29) is 48.7 Å². The van der Waals surface area contributed by atoms with Crippen molar-refractivity contribution < 1.29 is 17.9 Å². The summed E-state index contributed by atoms with van der Waals surface area (Å²) in [5.41, 5.74) is 1.26. The van der Waals surface area contributed by atoms with Crippen LogP contribution in [-0.4, -0.2) is 44.3 Å². The SMILES string of the molecule is CC(C)Cc1c(F)cnc2cc(Cn3cccc(NC(=O)CCC/C=C/C(=O)N(C)C)c3=O)n(SF)c12. The molecule has 0 aliphatic heterocycles. The van der Waals surface area contributed by atoms with Gasteiger partial charge < -0.3 is 14.8 Å². The number of fused-ring (bicyclic) bond motifs is 1. The molecule has 0 radical (unpaired) electrons. The van der Waals surface area contributed by atoms with Gasteiger partial charge in [0.2, 0.25) is 11.8 Å². The van der Waals surface area contributed by atoms with Crippen LogP contribution in [0.3, 0.4) is 0 Å². The van der Waals surface area contributed by atoms with Crippen molar-refractivity contribution in [2.75, 3.05) is 19.4 Å². The molecule has 0 bridgehead atoms. The summed E-state index contributed by atoms with van der Waals surface area (Å²) in [4.78, 5) is 42.5. The number of nitrogens with zero attached hydrogens (tertiary/aromatic N) is 4. The second-order valence-corrected chi connectivity index (χ2v) is 9.85.